The monoisotopic (exact) mass is 527 g/mol. The van der Waals surface area contributed by atoms with Crippen molar-refractivity contribution >= 4 is 28.9 Å². The number of carbonyl (C=O) groups excluding carboxylic acids is 1. The lowest BCUT2D eigenvalue weighted by Gasteiger charge is -2.40. The molecule has 1 unspecified atom stereocenters. The van der Waals surface area contributed by atoms with E-state index < -0.39 is 5.97 Å². The lowest BCUT2D eigenvalue weighted by molar-refractivity contribution is -0.124. The summed E-state index contributed by atoms with van der Waals surface area (Å²) >= 11 is 1.17. The van der Waals surface area contributed by atoms with Crippen LogP contribution in [0.4, 0.5) is 5.69 Å². The molecule has 1 aromatic rings. The molecule has 0 aromatic carbocycles. The van der Waals surface area contributed by atoms with Crippen LogP contribution >= 0.6 is 11.3 Å². The van der Waals surface area contributed by atoms with Gasteiger partial charge in [0.15, 0.2) is 0 Å². The Labute approximate surface area is 225 Å². The van der Waals surface area contributed by atoms with Gasteiger partial charge in [0, 0.05) is 24.0 Å². The number of rotatable bonds is 6. The lowest BCUT2D eigenvalue weighted by atomic mass is 9.79. The predicted octanol–water partition coefficient (Wildman–Crippen LogP) is 6.29. The van der Waals surface area contributed by atoms with E-state index in [4.69, 9.17) is 9.47 Å². The van der Waals surface area contributed by atoms with Gasteiger partial charge in [-0.1, -0.05) is 30.4 Å². The summed E-state index contributed by atoms with van der Waals surface area (Å²) in [5, 5.41) is 10.1. The third kappa shape index (κ3) is 7.04. The van der Waals surface area contributed by atoms with Crippen molar-refractivity contribution in [3.05, 3.63) is 27.5 Å². The van der Waals surface area contributed by atoms with Crippen LogP contribution in [0, 0.1) is 29.1 Å². The van der Waals surface area contributed by atoms with E-state index in [9.17, 15) is 14.7 Å². The van der Waals surface area contributed by atoms with Gasteiger partial charge in [0.2, 0.25) is 5.91 Å². The SMILES string of the molecule is CC1=CCC(C(=O)N(c2cc(C#CC(C)(C)C)sc2C(=O)O)[C@H]2CC[C@H](O[C@H]3CCOC3)CC2)[C@H](C)C1. The number of allylic oxidation sites excluding steroid dienone is 2. The van der Waals surface area contributed by atoms with E-state index in [2.05, 4.69) is 31.8 Å². The maximum absolute atomic E-state index is 14.2. The van der Waals surface area contributed by atoms with E-state index in [1.165, 1.54) is 16.9 Å². The van der Waals surface area contributed by atoms with Crippen molar-refractivity contribution in [1.82, 2.24) is 0 Å². The van der Waals surface area contributed by atoms with Crippen molar-refractivity contribution in [1.29, 1.82) is 0 Å². The molecule has 1 aromatic heterocycles. The van der Waals surface area contributed by atoms with E-state index in [0.29, 0.717) is 23.6 Å². The molecule has 1 amide bonds. The van der Waals surface area contributed by atoms with E-state index in [-0.39, 0.29) is 46.3 Å². The van der Waals surface area contributed by atoms with Crippen LogP contribution in [-0.2, 0) is 14.3 Å². The van der Waals surface area contributed by atoms with Crippen LogP contribution in [0.2, 0.25) is 0 Å². The van der Waals surface area contributed by atoms with E-state index in [0.717, 1.165) is 45.1 Å². The first-order valence-electron chi connectivity index (χ1n) is 13.6. The summed E-state index contributed by atoms with van der Waals surface area (Å²) in [6.07, 6.45) is 8.31. The minimum atomic E-state index is -1.01. The number of ether oxygens (including phenoxy) is 2. The normalized spacial score (nSPS) is 28.2. The predicted molar refractivity (Wildman–Crippen MR) is 147 cm³/mol. The second-order valence-electron chi connectivity index (χ2n) is 12.0. The minimum Gasteiger partial charge on any atom is -0.477 e. The fourth-order valence-corrected chi connectivity index (χ4v) is 6.51. The molecule has 3 aliphatic rings. The Morgan fingerprint density at radius 2 is 1.89 bits per heavy atom. The number of carboxylic acid groups (broad SMARTS) is 1. The van der Waals surface area contributed by atoms with Gasteiger partial charge < -0.3 is 19.5 Å². The van der Waals surface area contributed by atoms with Crippen LogP contribution in [0.5, 0.6) is 0 Å². The molecule has 2 aliphatic carbocycles. The van der Waals surface area contributed by atoms with Crippen molar-refractivity contribution in [3.63, 3.8) is 0 Å². The summed E-state index contributed by atoms with van der Waals surface area (Å²) in [6, 6.07) is 1.78. The number of anilines is 1. The molecule has 0 spiro atoms. The molecule has 1 saturated carbocycles. The molecule has 2 heterocycles. The van der Waals surface area contributed by atoms with Crippen molar-refractivity contribution in [3.8, 4) is 11.8 Å². The van der Waals surface area contributed by atoms with Crippen LogP contribution in [-0.4, -0.2) is 48.4 Å². The maximum atomic E-state index is 14.2. The van der Waals surface area contributed by atoms with Gasteiger partial charge in [-0.15, -0.1) is 11.3 Å². The van der Waals surface area contributed by atoms with Gasteiger partial charge in [0.25, 0.3) is 0 Å². The number of hydrogen-bond donors (Lipinski definition) is 1. The maximum Gasteiger partial charge on any atom is 0.348 e. The third-order valence-electron chi connectivity index (χ3n) is 7.61. The molecule has 1 aliphatic heterocycles. The van der Waals surface area contributed by atoms with Gasteiger partial charge in [-0.2, -0.15) is 0 Å². The van der Waals surface area contributed by atoms with Crippen molar-refractivity contribution < 1.29 is 24.2 Å². The van der Waals surface area contributed by atoms with Crippen LogP contribution in [0.15, 0.2) is 17.7 Å². The fraction of sp³-hybridized carbons (Fsp3) is 0.667. The first-order valence-corrected chi connectivity index (χ1v) is 14.5. The Hall–Kier alpha value is -2.14. The van der Waals surface area contributed by atoms with Crippen LogP contribution in [0.25, 0.3) is 0 Å². The Bertz CT molecular complexity index is 1070. The van der Waals surface area contributed by atoms with E-state index >= 15 is 0 Å². The van der Waals surface area contributed by atoms with Crippen molar-refractivity contribution in [2.45, 2.75) is 97.8 Å². The second kappa shape index (κ2) is 11.7. The van der Waals surface area contributed by atoms with Gasteiger partial charge in [-0.3, -0.25) is 4.79 Å². The highest BCUT2D eigenvalue weighted by molar-refractivity contribution is 7.15. The number of amides is 1. The first kappa shape index (κ1) is 27.9. The third-order valence-corrected chi connectivity index (χ3v) is 8.64. The molecule has 7 heteroatoms. The molecule has 202 valence electrons. The summed E-state index contributed by atoms with van der Waals surface area (Å²) in [6.45, 7) is 11.8. The molecule has 0 radical (unpaired) electrons. The summed E-state index contributed by atoms with van der Waals surface area (Å²) in [5.41, 5.74) is 1.62. The topological polar surface area (TPSA) is 76.1 Å². The van der Waals surface area contributed by atoms with Crippen LogP contribution in [0.1, 0.15) is 94.1 Å². The molecule has 3 atom stereocenters. The van der Waals surface area contributed by atoms with Gasteiger partial charge in [0.05, 0.1) is 29.4 Å². The summed E-state index contributed by atoms with van der Waals surface area (Å²) in [4.78, 5) is 29.3. The highest BCUT2D eigenvalue weighted by atomic mass is 32.1. The van der Waals surface area contributed by atoms with Gasteiger partial charge in [-0.05, 0) is 84.6 Å². The molecule has 1 saturated heterocycles. The molecule has 6 nitrogen and oxygen atoms in total. The fourth-order valence-electron chi connectivity index (χ4n) is 5.67. The van der Waals surface area contributed by atoms with Crippen LogP contribution in [0.3, 0.4) is 0 Å². The highest BCUT2D eigenvalue weighted by Gasteiger charge is 2.39. The summed E-state index contributed by atoms with van der Waals surface area (Å²) in [5.74, 6) is 5.47. The standard InChI is InChI=1S/C30H41NO5S/c1-19-6-11-25(20(2)16-19)28(32)31(21-7-9-22(10-8-21)36-23-13-15-35-18-23)26-17-24(12-14-30(3,4)5)37-27(26)29(33)34/h6,17,20-23,25H,7-11,13,15-16,18H2,1-5H3,(H,33,34)/t20-,21-,22-,23+,25?/m1/s1. The number of thiophene rings is 1. The van der Waals surface area contributed by atoms with Crippen LogP contribution < -0.4 is 4.90 Å². The highest BCUT2D eigenvalue weighted by Crippen LogP contribution is 2.39. The molecule has 37 heavy (non-hydrogen) atoms. The average Bonchev–Trinajstić information content (AvgIpc) is 3.49. The van der Waals surface area contributed by atoms with Crippen molar-refractivity contribution in [2.24, 2.45) is 17.3 Å². The lowest BCUT2D eigenvalue weighted by Crippen LogP contribution is -2.48. The number of hydrogen-bond acceptors (Lipinski definition) is 5. The van der Waals surface area contributed by atoms with Gasteiger partial charge in [0.1, 0.15) is 4.88 Å². The quantitative estimate of drug-likeness (QED) is 0.348. The van der Waals surface area contributed by atoms with Gasteiger partial charge >= 0.3 is 5.97 Å². The minimum absolute atomic E-state index is 0.0421. The second-order valence-corrected chi connectivity index (χ2v) is 13.0. The van der Waals surface area contributed by atoms with E-state index in [1.807, 2.05) is 31.7 Å². The smallest absolute Gasteiger partial charge is 0.348 e. The van der Waals surface area contributed by atoms with Crippen molar-refractivity contribution in [2.75, 3.05) is 18.1 Å². The molecule has 4 rings (SSSR count). The Kier molecular flexibility index (Phi) is 8.83. The zero-order valence-corrected chi connectivity index (χ0v) is 23.7. The van der Waals surface area contributed by atoms with E-state index in [1.54, 1.807) is 0 Å². The largest absolute Gasteiger partial charge is 0.477 e. The molecule has 0 bridgehead atoms. The molecular formula is C30H41NO5S. The Morgan fingerprint density at radius 1 is 1.16 bits per heavy atom. The van der Waals surface area contributed by atoms with Gasteiger partial charge in [-0.25, -0.2) is 4.79 Å². The first-order chi connectivity index (χ1) is 17.5. The Morgan fingerprint density at radius 3 is 2.49 bits per heavy atom. The zero-order valence-electron chi connectivity index (χ0n) is 22.8. The zero-order chi connectivity index (χ0) is 26.7. The molecule has 1 N–H and O–H groups in total. The number of carbonyl (C=O) groups is 2. The number of aromatic carboxylic acids is 1. The molecular weight excluding hydrogens is 486 g/mol. The Balaban J connectivity index is 1.63. The average molecular weight is 528 g/mol. The summed E-state index contributed by atoms with van der Waals surface area (Å²) in [7, 11) is 0. The molecule has 2 fully saturated rings. The number of nitrogens with zero attached hydrogens (tertiary/aromatic N) is 1. The number of carboxylic acids is 1. The summed E-state index contributed by atoms with van der Waals surface area (Å²) < 4.78 is 11.7.